The van der Waals surface area contributed by atoms with E-state index in [-0.39, 0.29) is 23.7 Å². The van der Waals surface area contributed by atoms with Gasteiger partial charge >= 0.3 is 0 Å². The summed E-state index contributed by atoms with van der Waals surface area (Å²) in [7, 11) is 7.75. The third kappa shape index (κ3) is 17.2. The molecule has 0 N–H and O–H groups in total. The summed E-state index contributed by atoms with van der Waals surface area (Å²) in [6, 6.07) is 37.7. The highest BCUT2D eigenvalue weighted by Gasteiger charge is 2.21. The van der Waals surface area contributed by atoms with Crippen LogP contribution in [0.3, 0.4) is 0 Å². The highest BCUT2D eigenvalue weighted by molar-refractivity contribution is 5.64. The molecule has 0 radical (unpaired) electrons. The van der Waals surface area contributed by atoms with Crippen molar-refractivity contribution in [3.05, 3.63) is 212 Å². The van der Waals surface area contributed by atoms with Crippen LogP contribution in [0.4, 0.5) is 0 Å². The normalized spacial score (nSPS) is 14.6. The largest absolute Gasteiger partial charge is 0.212 e. The Kier molecular flexibility index (Phi) is 16.8. The number of aryl methyl sites for hydroxylation is 13. The highest BCUT2D eigenvalue weighted by atomic mass is 14.9. The molecule has 4 heteroatoms. The summed E-state index contributed by atoms with van der Waals surface area (Å²) in [6.07, 6.45) is 0.203. The van der Waals surface area contributed by atoms with Gasteiger partial charge in [0, 0.05) is 86.6 Å². The van der Waals surface area contributed by atoms with Crippen LogP contribution in [-0.4, -0.2) is 0 Å². The van der Waals surface area contributed by atoms with E-state index < -0.39 is 38.7 Å². The molecule has 4 aromatic heterocycles. The van der Waals surface area contributed by atoms with Gasteiger partial charge in [-0.2, -0.15) is 0 Å². The van der Waals surface area contributed by atoms with E-state index >= 15 is 0 Å². The average Bonchev–Trinajstić information content (AvgIpc) is 0.789. The van der Waals surface area contributed by atoms with Crippen molar-refractivity contribution in [2.75, 3.05) is 0 Å². The molecule has 0 amide bonds. The summed E-state index contributed by atoms with van der Waals surface area (Å²) in [4.78, 5) is 0. The van der Waals surface area contributed by atoms with E-state index in [0.29, 0.717) is 22.3 Å². The van der Waals surface area contributed by atoms with E-state index in [0.717, 1.165) is 72.8 Å². The molecule has 0 saturated carbocycles. The number of pyridine rings is 4. The van der Waals surface area contributed by atoms with Crippen LogP contribution in [0.2, 0.25) is 0 Å². The van der Waals surface area contributed by atoms with Crippen molar-refractivity contribution in [2.45, 2.75) is 149 Å². The van der Waals surface area contributed by atoms with Gasteiger partial charge in [-0.25, -0.2) is 18.3 Å². The predicted molar refractivity (Wildman–Crippen MR) is 334 cm³/mol. The molecule has 8 aromatic rings. The summed E-state index contributed by atoms with van der Waals surface area (Å²) in [5.41, 5.74) is 19.2. The van der Waals surface area contributed by atoms with E-state index in [1.165, 1.54) is 22.3 Å². The summed E-state index contributed by atoms with van der Waals surface area (Å²) >= 11 is 0. The van der Waals surface area contributed by atoms with Crippen LogP contribution in [0.15, 0.2) is 140 Å². The molecule has 4 aromatic carbocycles. The molecule has 4 heterocycles. The van der Waals surface area contributed by atoms with Crippen LogP contribution < -0.4 is 18.3 Å². The van der Waals surface area contributed by atoms with Gasteiger partial charge in [-0.05, 0) is 180 Å². The van der Waals surface area contributed by atoms with Crippen LogP contribution >= 0.6 is 0 Å². The Morgan fingerprint density at radius 1 is 0.346 bits per heavy atom. The fourth-order valence-corrected chi connectivity index (χ4v) is 9.54. The summed E-state index contributed by atoms with van der Waals surface area (Å²) < 4.78 is 114. The summed E-state index contributed by atoms with van der Waals surface area (Å²) in [5, 5.41) is 0. The lowest BCUT2D eigenvalue weighted by molar-refractivity contribution is -0.661. The number of rotatable bonds is 13. The second-order valence-electron chi connectivity index (χ2n) is 22.1. The fourth-order valence-electron chi connectivity index (χ4n) is 9.54. The number of benzene rings is 4. The maximum absolute atomic E-state index is 8.66. The fraction of sp³-hybridized carbons (Fsp3) is 0.405. The van der Waals surface area contributed by atoms with Gasteiger partial charge in [0.05, 0.1) is 0 Å². The maximum Gasteiger partial charge on any atom is 0.212 e. The highest BCUT2D eigenvalue weighted by Crippen LogP contribution is 2.28. The molecule has 0 unspecified atom stereocenters. The van der Waals surface area contributed by atoms with Gasteiger partial charge in [0.1, 0.15) is 28.2 Å². The Balaban J connectivity index is 0.000000222. The Hall–Kier alpha value is -6.52. The molecule has 0 aliphatic carbocycles. The van der Waals surface area contributed by atoms with Crippen molar-refractivity contribution in [3.63, 3.8) is 0 Å². The van der Waals surface area contributed by atoms with Crippen LogP contribution in [0.5, 0.6) is 0 Å². The average molecular weight is 1060 g/mol. The number of hydrogen-bond donors (Lipinski definition) is 0. The van der Waals surface area contributed by atoms with Gasteiger partial charge in [0.25, 0.3) is 0 Å². The van der Waals surface area contributed by atoms with Crippen molar-refractivity contribution in [2.24, 2.45) is 51.9 Å². The summed E-state index contributed by atoms with van der Waals surface area (Å²) in [5.74, 6) is -0.701. The van der Waals surface area contributed by atoms with Gasteiger partial charge in [-0.3, -0.25) is 0 Å². The smallest absolute Gasteiger partial charge is 0.201 e. The zero-order chi connectivity index (χ0) is 69.0. The van der Waals surface area contributed by atoms with E-state index in [2.05, 4.69) is 50.2 Å². The van der Waals surface area contributed by atoms with Crippen LogP contribution in [0, 0.1) is 79.0 Å². The van der Waals surface area contributed by atoms with Gasteiger partial charge < -0.3 is 0 Å². The molecule has 0 saturated heterocycles. The second-order valence-corrected chi connectivity index (χ2v) is 22.1. The Labute approximate surface area is 493 Å². The topological polar surface area (TPSA) is 15.5 Å². The van der Waals surface area contributed by atoms with Crippen molar-refractivity contribution in [3.8, 4) is 45.0 Å². The molecule has 0 fully saturated rings. The number of aromatic nitrogens is 4. The second kappa shape index (κ2) is 28.9. The molecule has 0 spiro atoms. The summed E-state index contributed by atoms with van der Waals surface area (Å²) in [6.45, 7) is 28.5. The third-order valence-corrected chi connectivity index (χ3v) is 13.5. The molecule has 0 atom stereocenters. The predicted octanol–water partition coefficient (Wildman–Crippen LogP) is 16.5. The van der Waals surface area contributed by atoms with E-state index in [4.69, 9.17) is 17.8 Å². The first kappa shape index (κ1) is 45.4. The van der Waals surface area contributed by atoms with Crippen LogP contribution in [0.1, 0.15) is 152 Å². The standard InChI is InChI=1S/C21H30N.C19H26N.C18H24N.C16H20N/c1-15(2)11-18-13-21(20-10-8-7-9-17(20)5)22(6)14-19(18)12-16(3)4;1-13(2)9-17-12-20(6)19(11-15(17)4)18-8-7-14(3)10-16(18)5;1-13(2)10-16-12-19(5)18(11-15(16)4)17-9-7-6-8-14(17)3;1-5-14-11-17(4)16(10-13(14)3)15-9-7-6-8-12(15)2/h7-10,13-16H,11-12H2,1-6H3;7-8,10-13H,9H2,1-6H3;6-9,11-13H,10H2,1-5H3;6-11H,5H2,1-4H3/q4*+1/i11D2,12D2;3D3,9D2;10D2;5D2. The monoisotopic (exact) mass is 1060 g/mol. The minimum atomic E-state index is -2.11. The molecule has 78 heavy (non-hydrogen) atoms. The van der Waals surface area contributed by atoms with Crippen molar-refractivity contribution in [1.82, 2.24) is 0 Å². The molecule has 412 valence electrons. The molecule has 0 bridgehead atoms. The first-order chi connectivity index (χ1) is 41.8. The zero-order valence-electron chi connectivity index (χ0n) is 63.9. The van der Waals surface area contributed by atoms with Gasteiger partial charge in [-0.15, -0.1) is 0 Å². The lowest BCUT2D eigenvalue weighted by Crippen LogP contribution is -2.32. The third-order valence-electron chi connectivity index (χ3n) is 13.5. The Bertz CT molecular complexity index is 3850. The zero-order valence-corrected chi connectivity index (χ0v) is 50.9. The van der Waals surface area contributed by atoms with Crippen molar-refractivity contribution >= 4 is 0 Å². The molecule has 0 aliphatic heterocycles. The van der Waals surface area contributed by atoms with E-state index in [1.54, 1.807) is 25.3 Å². The van der Waals surface area contributed by atoms with Crippen molar-refractivity contribution < 1.29 is 36.1 Å². The van der Waals surface area contributed by atoms with Crippen LogP contribution in [-0.2, 0) is 60.1 Å². The molecular formula is C74H100N4+4. The quantitative estimate of drug-likeness (QED) is 0.102. The Morgan fingerprint density at radius 3 is 1.00 bits per heavy atom. The molecule has 4 nitrogen and oxygen atoms in total. The number of nitrogens with zero attached hydrogens (tertiary/aromatic N) is 4. The minimum Gasteiger partial charge on any atom is -0.201 e. The first-order valence-corrected chi connectivity index (χ1v) is 27.7. The van der Waals surface area contributed by atoms with E-state index in [1.807, 2.05) is 222 Å². The SMILES string of the molecule is [2H]C([2H])(C)c1c[n+](C)c(-c2ccccc2C)cc1C.[2H]C([2H])([2H])c1ccc(-c2cc(C)c(C([2H])([2H])C(C)C)c[n+]2C)c(C)c1.[2H]C([2H])(c1c[n+](C)c(-c2ccccc2C)cc1C)C(C)C.[2H]C([2H])(c1cc(-c2ccccc2C)[n+](C)cc1C([2H])([2H])C(C)C)C(C)C. The van der Waals surface area contributed by atoms with Gasteiger partial charge in [0.15, 0.2) is 24.8 Å². The number of hydrogen-bond acceptors (Lipinski definition) is 0. The van der Waals surface area contributed by atoms with Gasteiger partial charge in [-0.1, -0.05) is 135 Å². The lowest BCUT2D eigenvalue weighted by Gasteiger charge is -2.14. The minimum absolute atomic E-state index is 0.0551. The van der Waals surface area contributed by atoms with Gasteiger partial charge in [0.2, 0.25) is 22.8 Å². The van der Waals surface area contributed by atoms with Crippen molar-refractivity contribution in [1.29, 1.82) is 0 Å². The molecule has 0 aliphatic rings. The molecular weight excluding hydrogens is 945 g/mol. The van der Waals surface area contributed by atoms with Crippen LogP contribution in [0.25, 0.3) is 45.0 Å². The Morgan fingerprint density at radius 2 is 0.654 bits per heavy atom. The molecule has 8 rings (SSSR count). The first-order valence-electron chi connectivity index (χ1n) is 34.2. The lowest BCUT2D eigenvalue weighted by atomic mass is 9.92. The maximum atomic E-state index is 8.66. The van der Waals surface area contributed by atoms with E-state index in [9.17, 15) is 0 Å².